The molecule has 0 aliphatic carbocycles. The third-order valence-electron chi connectivity index (χ3n) is 1.95. The average molecular weight is 280 g/mol. The van der Waals surface area contributed by atoms with E-state index in [1.807, 2.05) is 11.8 Å². The van der Waals surface area contributed by atoms with E-state index in [1.54, 1.807) is 12.1 Å². The number of benzene rings is 1. The van der Waals surface area contributed by atoms with Gasteiger partial charge in [-0.3, -0.25) is 0 Å². The number of halogens is 2. The molecular weight excluding hydrogens is 265 g/mol. The average Bonchev–Trinajstić information content (AvgIpc) is 2.25. The molecule has 0 spiro atoms. The molecule has 2 N–H and O–H groups in total. The molecule has 0 bridgehead atoms. The number of rotatable bonds is 6. The second kappa shape index (κ2) is 7.15. The lowest BCUT2D eigenvalue weighted by Gasteiger charge is -2.09. The van der Waals surface area contributed by atoms with Gasteiger partial charge in [0.05, 0.1) is 22.3 Å². The maximum absolute atomic E-state index is 5.88. The maximum atomic E-state index is 5.88. The van der Waals surface area contributed by atoms with Crippen molar-refractivity contribution in [1.29, 1.82) is 0 Å². The van der Waals surface area contributed by atoms with Crippen LogP contribution in [-0.4, -0.2) is 18.1 Å². The van der Waals surface area contributed by atoms with Crippen LogP contribution in [0.1, 0.15) is 13.3 Å². The smallest absolute Gasteiger partial charge is 0.143 e. The Morgan fingerprint density at radius 3 is 2.69 bits per heavy atom. The first-order chi connectivity index (χ1) is 7.65. The van der Waals surface area contributed by atoms with Crippen LogP contribution in [0.4, 0.5) is 5.69 Å². The minimum absolute atomic E-state index is 0.452. The van der Waals surface area contributed by atoms with Gasteiger partial charge in [0.25, 0.3) is 0 Å². The summed E-state index contributed by atoms with van der Waals surface area (Å²) >= 11 is 13.6. The van der Waals surface area contributed by atoms with Crippen LogP contribution in [0.5, 0.6) is 5.75 Å². The topological polar surface area (TPSA) is 35.2 Å². The minimum Gasteiger partial charge on any atom is -0.491 e. The van der Waals surface area contributed by atoms with Gasteiger partial charge < -0.3 is 10.5 Å². The third kappa shape index (κ3) is 4.32. The predicted octanol–water partition coefficient (Wildman–Crippen LogP) is 4.10. The maximum Gasteiger partial charge on any atom is 0.143 e. The Bertz CT molecular complexity index is 347. The SMILES string of the molecule is CCSCCCOc1cc(Cl)c(Cl)cc1N. The summed E-state index contributed by atoms with van der Waals surface area (Å²) in [5.74, 6) is 2.84. The molecule has 1 rings (SSSR count). The first-order valence-electron chi connectivity index (χ1n) is 5.10. The Balaban J connectivity index is 2.45. The van der Waals surface area contributed by atoms with Gasteiger partial charge in [0.15, 0.2) is 0 Å². The molecule has 0 radical (unpaired) electrons. The first kappa shape index (κ1) is 13.8. The van der Waals surface area contributed by atoms with Gasteiger partial charge in [-0.25, -0.2) is 0 Å². The number of thioether (sulfide) groups is 1. The minimum atomic E-state index is 0.452. The zero-order chi connectivity index (χ0) is 12.0. The van der Waals surface area contributed by atoms with Gasteiger partial charge in [0.1, 0.15) is 5.75 Å². The number of nitrogens with two attached hydrogens (primary N) is 1. The molecule has 0 aliphatic heterocycles. The summed E-state index contributed by atoms with van der Waals surface area (Å²) in [5, 5.41) is 0.918. The van der Waals surface area contributed by atoms with E-state index in [0.717, 1.165) is 17.9 Å². The van der Waals surface area contributed by atoms with Crippen LogP contribution in [0, 0.1) is 0 Å². The van der Waals surface area contributed by atoms with Crippen LogP contribution in [0.2, 0.25) is 10.0 Å². The Kier molecular flexibility index (Phi) is 6.17. The van der Waals surface area contributed by atoms with Crippen molar-refractivity contribution in [2.45, 2.75) is 13.3 Å². The molecule has 2 nitrogen and oxygen atoms in total. The highest BCUT2D eigenvalue weighted by molar-refractivity contribution is 7.99. The number of hydrogen-bond donors (Lipinski definition) is 1. The van der Waals surface area contributed by atoms with E-state index in [1.165, 1.54) is 0 Å². The van der Waals surface area contributed by atoms with Crippen molar-refractivity contribution in [2.75, 3.05) is 23.8 Å². The molecule has 5 heteroatoms. The van der Waals surface area contributed by atoms with Gasteiger partial charge in [-0.1, -0.05) is 30.1 Å². The van der Waals surface area contributed by atoms with Gasteiger partial charge >= 0.3 is 0 Å². The molecule has 0 saturated carbocycles. The molecule has 0 amide bonds. The molecule has 1 aromatic rings. The molecule has 0 fully saturated rings. The Morgan fingerprint density at radius 1 is 1.31 bits per heavy atom. The second-order valence-corrected chi connectivity index (χ2v) is 5.41. The van der Waals surface area contributed by atoms with E-state index in [-0.39, 0.29) is 0 Å². The zero-order valence-electron chi connectivity index (χ0n) is 9.13. The number of nitrogen functional groups attached to an aromatic ring is 1. The highest BCUT2D eigenvalue weighted by Gasteiger charge is 2.05. The molecule has 90 valence electrons. The fourth-order valence-corrected chi connectivity index (χ4v) is 2.09. The van der Waals surface area contributed by atoms with Gasteiger partial charge in [-0.2, -0.15) is 11.8 Å². The summed E-state index contributed by atoms with van der Waals surface area (Å²) in [7, 11) is 0. The van der Waals surface area contributed by atoms with Crippen LogP contribution >= 0.6 is 35.0 Å². The quantitative estimate of drug-likeness (QED) is 0.629. The van der Waals surface area contributed by atoms with Gasteiger partial charge in [-0.05, 0) is 24.0 Å². The molecular formula is C11H15Cl2NOS. The number of ether oxygens (including phenoxy) is 1. The van der Waals surface area contributed by atoms with Crippen LogP contribution in [0.15, 0.2) is 12.1 Å². The summed E-state index contributed by atoms with van der Waals surface area (Å²) in [4.78, 5) is 0. The molecule has 1 aromatic carbocycles. The van der Waals surface area contributed by atoms with E-state index < -0.39 is 0 Å². The van der Waals surface area contributed by atoms with Crippen molar-refractivity contribution in [2.24, 2.45) is 0 Å². The third-order valence-corrected chi connectivity index (χ3v) is 3.66. The van der Waals surface area contributed by atoms with Crippen molar-refractivity contribution in [3.05, 3.63) is 22.2 Å². The zero-order valence-corrected chi connectivity index (χ0v) is 11.5. The Labute approximate surface area is 110 Å². The van der Waals surface area contributed by atoms with Gasteiger partial charge in [0.2, 0.25) is 0 Å². The van der Waals surface area contributed by atoms with E-state index in [4.69, 9.17) is 33.7 Å². The lowest BCUT2D eigenvalue weighted by Crippen LogP contribution is -2.01. The van der Waals surface area contributed by atoms with Crippen molar-refractivity contribution in [3.8, 4) is 5.75 Å². The fraction of sp³-hybridized carbons (Fsp3) is 0.455. The molecule has 0 saturated heterocycles. The molecule has 16 heavy (non-hydrogen) atoms. The van der Waals surface area contributed by atoms with Crippen molar-refractivity contribution < 1.29 is 4.74 Å². The largest absolute Gasteiger partial charge is 0.491 e. The van der Waals surface area contributed by atoms with Gasteiger partial charge in [-0.15, -0.1) is 0 Å². The van der Waals surface area contributed by atoms with E-state index >= 15 is 0 Å². The van der Waals surface area contributed by atoms with Crippen LogP contribution < -0.4 is 10.5 Å². The summed E-state index contributed by atoms with van der Waals surface area (Å²) in [6, 6.07) is 3.27. The van der Waals surface area contributed by atoms with E-state index in [0.29, 0.717) is 28.1 Å². The lowest BCUT2D eigenvalue weighted by molar-refractivity contribution is 0.320. The molecule has 0 aromatic heterocycles. The van der Waals surface area contributed by atoms with E-state index in [2.05, 4.69) is 6.92 Å². The Hall–Kier alpha value is -0.250. The van der Waals surface area contributed by atoms with Crippen molar-refractivity contribution in [3.63, 3.8) is 0 Å². The van der Waals surface area contributed by atoms with Crippen molar-refractivity contribution >= 4 is 40.7 Å². The monoisotopic (exact) mass is 279 g/mol. The molecule has 0 heterocycles. The predicted molar refractivity (Wildman–Crippen MR) is 74.0 cm³/mol. The molecule has 0 aliphatic rings. The molecule has 0 unspecified atom stereocenters. The summed E-state index contributed by atoms with van der Waals surface area (Å²) in [6.45, 7) is 2.79. The number of anilines is 1. The molecule has 0 atom stereocenters. The lowest BCUT2D eigenvalue weighted by atomic mass is 10.3. The summed E-state index contributed by atoms with van der Waals surface area (Å²) in [5.41, 5.74) is 6.28. The standard InChI is InChI=1S/C11H15Cl2NOS/c1-2-16-5-3-4-15-11-7-9(13)8(12)6-10(11)14/h6-7H,2-5,14H2,1H3. The fourth-order valence-electron chi connectivity index (χ4n) is 1.16. The van der Waals surface area contributed by atoms with Gasteiger partial charge in [0, 0.05) is 6.07 Å². The van der Waals surface area contributed by atoms with Crippen molar-refractivity contribution in [1.82, 2.24) is 0 Å². The second-order valence-electron chi connectivity index (χ2n) is 3.20. The highest BCUT2D eigenvalue weighted by atomic mass is 35.5. The first-order valence-corrected chi connectivity index (χ1v) is 7.01. The Morgan fingerprint density at radius 2 is 2.00 bits per heavy atom. The normalized spacial score (nSPS) is 10.4. The van der Waals surface area contributed by atoms with Crippen LogP contribution in [0.3, 0.4) is 0 Å². The number of hydrogen-bond acceptors (Lipinski definition) is 3. The van der Waals surface area contributed by atoms with Crippen LogP contribution in [-0.2, 0) is 0 Å². The summed E-state index contributed by atoms with van der Waals surface area (Å²) < 4.78 is 5.54. The van der Waals surface area contributed by atoms with E-state index in [9.17, 15) is 0 Å². The highest BCUT2D eigenvalue weighted by Crippen LogP contribution is 2.32. The van der Waals surface area contributed by atoms with Crippen LogP contribution in [0.25, 0.3) is 0 Å². The summed E-state index contributed by atoms with van der Waals surface area (Å²) in [6.07, 6.45) is 0.998.